The van der Waals surface area contributed by atoms with Crippen molar-refractivity contribution in [2.24, 2.45) is 5.92 Å². The van der Waals surface area contributed by atoms with Crippen molar-refractivity contribution < 1.29 is 29.0 Å². The molecular weight excluding hydrogens is 480 g/mol. The topological polar surface area (TPSA) is 139 Å². The molecule has 1 atom stereocenters. The van der Waals surface area contributed by atoms with Crippen molar-refractivity contribution in [3.8, 4) is 0 Å². The zero-order chi connectivity index (χ0) is 27.0. The van der Waals surface area contributed by atoms with Crippen molar-refractivity contribution in [2.45, 2.75) is 64.6 Å². The number of carbonyl (C=O) groups excluding carboxylic acids is 2. The number of unbranched alkanes of at least 4 members (excludes halogenated alkanes) is 1. The third kappa shape index (κ3) is 9.99. The molecule has 3 fully saturated rings. The van der Waals surface area contributed by atoms with Crippen molar-refractivity contribution in [2.75, 3.05) is 65.4 Å². The highest BCUT2D eigenvalue weighted by Crippen LogP contribution is 2.23. The lowest BCUT2D eigenvalue weighted by atomic mass is 9.91. The van der Waals surface area contributed by atoms with Crippen LogP contribution in [-0.2, 0) is 14.3 Å². The van der Waals surface area contributed by atoms with Gasteiger partial charge in [-0.25, -0.2) is 9.59 Å². The van der Waals surface area contributed by atoms with E-state index in [0.717, 1.165) is 71.4 Å². The first-order valence-electron chi connectivity index (χ1n) is 13.4. The summed E-state index contributed by atoms with van der Waals surface area (Å²) < 4.78 is 10.8. The molecule has 12 nitrogen and oxygen atoms in total. The molecule has 3 N–H and O–H groups in total. The summed E-state index contributed by atoms with van der Waals surface area (Å²) in [5, 5.41) is 19.6. The standard InChI is InChI=1S/C25H44N6O6/c1-25(2,3)37-23(34)27-22(26)30-10-7-19(8-11-30)6-4-5-9-31-17-20(36-24(31)35)16-28-12-14-29(15-13-28)18-21(32)33/h19-20H,4-18H2,1-3H3,(H,32,33)(H2,26,27,34). The monoisotopic (exact) mass is 524 g/mol. The van der Waals surface area contributed by atoms with E-state index in [1.165, 1.54) is 0 Å². The van der Waals surface area contributed by atoms with Gasteiger partial charge in [-0.3, -0.25) is 25.3 Å². The molecule has 0 spiro atoms. The number of hydrogen-bond acceptors (Lipinski definition) is 8. The Morgan fingerprint density at radius 3 is 2.35 bits per heavy atom. The second-order valence-electron chi connectivity index (χ2n) is 11.3. The third-order valence-corrected chi connectivity index (χ3v) is 7.08. The summed E-state index contributed by atoms with van der Waals surface area (Å²) in [6.07, 6.45) is 4.06. The highest BCUT2D eigenvalue weighted by atomic mass is 16.6. The SMILES string of the molecule is CC(C)(C)OC(=O)NC(=N)N1CCC(CCCCN2CC(CN3CCN(CC(=O)O)CC3)OC2=O)CC1. The van der Waals surface area contributed by atoms with Crippen LogP contribution >= 0.6 is 0 Å². The summed E-state index contributed by atoms with van der Waals surface area (Å²) >= 11 is 0. The Kier molecular flexibility index (Phi) is 10.4. The summed E-state index contributed by atoms with van der Waals surface area (Å²) in [6, 6.07) is 0. The highest BCUT2D eigenvalue weighted by Gasteiger charge is 2.33. The molecule has 0 saturated carbocycles. The molecule has 0 aromatic heterocycles. The van der Waals surface area contributed by atoms with Gasteiger partial charge in [0.25, 0.3) is 0 Å². The Morgan fingerprint density at radius 2 is 1.73 bits per heavy atom. The van der Waals surface area contributed by atoms with Crippen LogP contribution < -0.4 is 5.32 Å². The second-order valence-corrected chi connectivity index (χ2v) is 11.3. The predicted molar refractivity (Wildman–Crippen MR) is 138 cm³/mol. The quantitative estimate of drug-likeness (QED) is 0.234. The van der Waals surface area contributed by atoms with Gasteiger partial charge in [-0.15, -0.1) is 0 Å². The number of guanidine groups is 1. The Hall–Kier alpha value is -2.60. The number of likely N-dealkylation sites (tertiary alicyclic amines) is 1. The molecule has 0 aliphatic carbocycles. The number of nitrogens with zero attached hydrogens (tertiary/aromatic N) is 4. The number of alkyl carbamates (subject to hydrolysis) is 1. The molecule has 3 rings (SSSR count). The van der Waals surface area contributed by atoms with E-state index in [4.69, 9.17) is 20.0 Å². The molecule has 3 heterocycles. The number of aliphatic carboxylic acids is 1. The second kappa shape index (κ2) is 13.3. The highest BCUT2D eigenvalue weighted by molar-refractivity contribution is 5.92. The van der Waals surface area contributed by atoms with Gasteiger partial charge in [0.2, 0.25) is 5.96 Å². The molecule has 210 valence electrons. The molecule has 0 aromatic rings. The van der Waals surface area contributed by atoms with Crippen LogP contribution in [0.15, 0.2) is 0 Å². The van der Waals surface area contributed by atoms with Gasteiger partial charge in [0.1, 0.15) is 11.7 Å². The fraction of sp³-hybridized carbons (Fsp3) is 0.840. The van der Waals surface area contributed by atoms with Gasteiger partial charge in [-0.1, -0.05) is 12.8 Å². The smallest absolute Gasteiger partial charge is 0.414 e. The maximum Gasteiger partial charge on any atom is 0.414 e. The average molecular weight is 525 g/mol. The van der Waals surface area contributed by atoms with Crippen LogP contribution in [0.5, 0.6) is 0 Å². The van der Waals surface area contributed by atoms with Gasteiger partial charge in [-0.2, -0.15) is 0 Å². The fourth-order valence-corrected chi connectivity index (χ4v) is 5.12. The lowest BCUT2D eigenvalue weighted by Crippen LogP contribution is -2.50. The number of amides is 2. The Labute approximate surface area is 219 Å². The van der Waals surface area contributed by atoms with Crippen molar-refractivity contribution in [3.63, 3.8) is 0 Å². The first-order chi connectivity index (χ1) is 17.5. The molecule has 3 aliphatic heterocycles. The lowest BCUT2D eigenvalue weighted by Gasteiger charge is -2.34. The average Bonchev–Trinajstić information content (AvgIpc) is 3.15. The molecule has 2 amide bonds. The molecule has 3 saturated heterocycles. The Balaban J connectivity index is 1.25. The van der Waals surface area contributed by atoms with Crippen LogP contribution in [0.1, 0.15) is 52.9 Å². The van der Waals surface area contributed by atoms with Gasteiger partial charge in [0.15, 0.2) is 0 Å². The number of rotatable bonds is 9. The van der Waals surface area contributed by atoms with E-state index < -0.39 is 17.7 Å². The van der Waals surface area contributed by atoms with E-state index in [-0.39, 0.29) is 24.7 Å². The maximum atomic E-state index is 12.3. The van der Waals surface area contributed by atoms with E-state index in [0.29, 0.717) is 25.6 Å². The number of hydrogen-bond donors (Lipinski definition) is 3. The number of ether oxygens (including phenoxy) is 2. The van der Waals surface area contributed by atoms with Crippen LogP contribution in [-0.4, -0.2) is 126 Å². The van der Waals surface area contributed by atoms with Gasteiger partial charge >= 0.3 is 18.2 Å². The van der Waals surface area contributed by atoms with Crippen molar-refractivity contribution in [1.82, 2.24) is 24.9 Å². The van der Waals surface area contributed by atoms with Crippen LogP contribution in [0.25, 0.3) is 0 Å². The summed E-state index contributed by atoms with van der Waals surface area (Å²) in [5.41, 5.74) is -0.593. The minimum absolute atomic E-state index is 0.0775. The van der Waals surface area contributed by atoms with Crippen LogP contribution in [0.2, 0.25) is 0 Å². The van der Waals surface area contributed by atoms with E-state index in [1.54, 1.807) is 25.7 Å². The van der Waals surface area contributed by atoms with Gasteiger partial charge in [-0.05, 0) is 46.0 Å². The van der Waals surface area contributed by atoms with E-state index in [1.807, 2.05) is 9.80 Å². The number of carboxylic acids is 1. The molecule has 3 aliphatic rings. The van der Waals surface area contributed by atoms with Crippen molar-refractivity contribution >= 4 is 24.1 Å². The normalized spacial score (nSPS) is 22.1. The van der Waals surface area contributed by atoms with Gasteiger partial charge in [0.05, 0.1) is 13.1 Å². The summed E-state index contributed by atoms with van der Waals surface area (Å²) in [7, 11) is 0. The Bertz CT molecular complexity index is 802. The summed E-state index contributed by atoms with van der Waals surface area (Å²) in [4.78, 5) is 42.9. The molecule has 0 radical (unpaired) electrons. The first kappa shape index (κ1) is 29.0. The van der Waals surface area contributed by atoms with Crippen molar-refractivity contribution in [3.05, 3.63) is 0 Å². The van der Waals surface area contributed by atoms with Crippen molar-refractivity contribution in [1.29, 1.82) is 5.41 Å². The minimum atomic E-state index is -0.799. The third-order valence-electron chi connectivity index (χ3n) is 7.08. The minimum Gasteiger partial charge on any atom is -0.480 e. The molecule has 0 bridgehead atoms. The molecule has 1 unspecified atom stereocenters. The number of carbonyl (C=O) groups is 3. The zero-order valence-electron chi connectivity index (χ0n) is 22.5. The summed E-state index contributed by atoms with van der Waals surface area (Å²) in [6.45, 7) is 12.0. The number of piperazine rings is 1. The van der Waals surface area contributed by atoms with Crippen LogP contribution in [0.3, 0.4) is 0 Å². The van der Waals surface area contributed by atoms with Crippen LogP contribution in [0.4, 0.5) is 9.59 Å². The molecular formula is C25H44N6O6. The molecule has 0 aromatic carbocycles. The fourth-order valence-electron chi connectivity index (χ4n) is 5.12. The van der Waals surface area contributed by atoms with Crippen LogP contribution in [0, 0.1) is 11.3 Å². The van der Waals surface area contributed by atoms with E-state index >= 15 is 0 Å². The molecule has 37 heavy (non-hydrogen) atoms. The number of nitrogens with one attached hydrogen (secondary N) is 2. The Morgan fingerprint density at radius 1 is 1.08 bits per heavy atom. The van der Waals surface area contributed by atoms with E-state index in [9.17, 15) is 14.4 Å². The summed E-state index contributed by atoms with van der Waals surface area (Å²) in [5.74, 6) is -0.118. The lowest BCUT2D eigenvalue weighted by molar-refractivity contribution is -0.138. The number of carboxylic acid groups (broad SMARTS) is 1. The number of cyclic esters (lactones) is 1. The molecule has 12 heteroatoms. The predicted octanol–water partition coefficient (Wildman–Crippen LogP) is 1.85. The number of piperidine rings is 1. The van der Waals surface area contributed by atoms with Gasteiger partial charge in [0, 0.05) is 52.4 Å². The van der Waals surface area contributed by atoms with E-state index in [2.05, 4.69) is 10.2 Å². The van der Waals surface area contributed by atoms with Gasteiger partial charge < -0.3 is 24.4 Å². The maximum absolute atomic E-state index is 12.3. The largest absolute Gasteiger partial charge is 0.480 e. The zero-order valence-corrected chi connectivity index (χ0v) is 22.5. The first-order valence-corrected chi connectivity index (χ1v) is 13.4.